The second kappa shape index (κ2) is 18.2. The van der Waals surface area contributed by atoms with E-state index in [2.05, 4.69) is 69.2 Å². The summed E-state index contributed by atoms with van der Waals surface area (Å²) in [7, 11) is 4.22. The Bertz CT molecular complexity index is 972. The van der Waals surface area contributed by atoms with Crippen molar-refractivity contribution in [3.05, 3.63) is 11.6 Å². The van der Waals surface area contributed by atoms with Gasteiger partial charge >= 0.3 is 0 Å². The highest BCUT2D eigenvalue weighted by atomic mass is 33.1. The Balaban J connectivity index is 1.22. The van der Waals surface area contributed by atoms with Crippen molar-refractivity contribution in [1.29, 1.82) is 0 Å². The van der Waals surface area contributed by atoms with Crippen molar-refractivity contribution in [2.75, 3.05) is 31.9 Å². The van der Waals surface area contributed by atoms with Crippen LogP contribution in [-0.4, -0.2) is 48.0 Å². The van der Waals surface area contributed by atoms with E-state index >= 15 is 0 Å². The highest BCUT2D eigenvalue weighted by molar-refractivity contribution is 8.76. The fourth-order valence-electron chi connectivity index (χ4n) is 10.8. The van der Waals surface area contributed by atoms with Gasteiger partial charge in [0.05, 0.1) is 0 Å². The van der Waals surface area contributed by atoms with Gasteiger partial charge in [0, 0.05) is 30.0 Å². The van der Waals surface area contributed by atoms with Crippen molar-refractivity contribution in [2.24, 2.45) is 63.7 Å². The molecule has 0 heterocycles. The van der Waals surface area contributed by atoms with E-state index in [0.29, 0.717) is 29.8 Å². The molecule has 0 radical (unpaired) electrons. The Labute approximate surface area is 293 Å². The van der Waals surface area contributed by atoms with Gasteiger partial charge in [-0.2, -0.15) is 0 Å². The minimum absolute atomic E-state index is 0.0950. The summed E-state index contributed by atoms with van der Waals surface area (Å²) in [6.07, 6.45) is 23.4. The van der Waals surface area contributed by atoms with Crippen molar-refractivity contribution < 1.29 is 4.79 Å². The van der Waals surface area contributed by atoms with Gasteiger partial charge in [-0.3, -0.25) is 4.79 Å². The van der Waals surface area contributed by atoms with E-state index in [-0.39, 0.29) is 5.92 Å². The third-order valence-corrected chi connectivity index (χ3v) is 16.6. The van der Waals surface area contributed by atoms with Crippen molar-refractivity contribution in [3.8, 4) is 0 Å². The molecule has 6 heteroatoms. The molecule has 0 bridgehead atoms. The minimum atomic E-state index is 0.0950. The van der Waals surface area contributed by atoms with Gasteiger partial charge in [0.2, 0.25) is 5.91 Å². The lowest BCUT2D eigenvalue weighted by atomic mass is 9.47. The van der Waals surface area contributed by atoms with Crippen molar-refractivity contribution >= 4 is 27.5 Å². The van der Waals surface area contributed by atoms with Crippen molar-refractivity contribution in [1.82, 2.24) is 4.90 Å². The molecule has 4 aliphatic rings. The Hall–Kier alpha value is -0.170. The molecule has 0 saturated heterocycles. The first kappa shape index (κ1) is 38.6. The van der Waals surface area contributed by atoms with E-state index in [1.807, 2.05) is 10.5 Å². The molecule has 9 atom stereocenters. The lowest BCUT2D eigenvalue weighted by Gasteiger charge is -2.58. The van der Waals surface area contributed by atoms with Crippen LogP contribution >= 0.6 is 21.6 Å². The summed E-state index contributed by atoms with van der Waals surface area (Å²) in [5.41, 5.74) is 14.3. The standard InChI is InChI=1S/C40H73N3OS2/c1-29(2)12-9-13-30(3)35-17-18-36-34-16-15-32-28-33(19-21-39(32,5)37(34)20-22-40(35,36)6)46-45-27-10-14-31(4)38(44)43(26-11-24-42)25-8-7-23-41/h15,29-31,33-37H,7-14,16-28,41-42H2,1-6H3. The average Bonchev–Trinajstić information content (AvgIpc) is 3.39. The molecule has 0 aromatic carbocycles. The number of carbonyl (C=O) groups excluding carboxylic acids is 1. The Morgan fingerprint density at radius 2 is 1.65 bits per heavy atom. The van der Waals surface area contributed by atoms with E-state index in [4.69, 9.17) is 11.5 Å². The fraction of sp³-hybridized carbons (Fsp3) is 0.925. The van der Waals surface area contributed by atoms with Gasteiger partial charge in [0.15, 0.2) is 0 Å². The number of hydrogen-bond donors (Lipinski definition) is 2. The van der Waals surface area contributed by atoms with Gasteiger partial charge in [-0.15, -0.1) is 0 Å². The smallest absolute Gasteiger partial charge is 0.225 e. The predicted octanol–water partition coefficient (Wildman–Crippen LogP) is 10.1. The van der Waals surface area contributed by atoms with Crippen LogP contribution in [0.2, 0.25) is 0 Å². The van der Waals surface area contributed by atoms with Crippen LogP contribution in [0.3, 0.4) is 0 Å². The number of nitrogens with two attached hydrogens (primary N) is 2. The molecule has 46 heavy (non-hydrogen) atoms. The number of hydrogen-bond acceptors (Lipinski definition) is 5. The lowest BCUT2D eigenvalue weighted by Crippen LogP contribution is -2.50. The van der Waals surface area contributed by atoms with E-state index in [1.54, 1.807) is 0 Å². The lowest BCUT2D eigenvalue weighted by molar-refractivity contribution is -0.135. The number of rotatable bonds is 19. The summed E-state index contributed by atoms with van der Waals surface area (Å²) in [4.78, 5) is 15.2. The minimum Gasteiger partial charge on any atom is -0.342 e. The quantitative estimate of drug-likeness (QED) is 0.0810. The second-order valence-corrected chi connectivity index (χ2v) is 19.9. The van der Waals surface area contributed by atoms with Crippen LogP contribution in [-0.2, 0) is 4.79 Å². The molecule has 1 amide bonds. The van der Waals surface area contributed by atoms with Gasteiger partial charge in [0.1, 0.15) is 0 Å². The summed E-state index contributed by atoms with van der Waals surface area (Å²) >= 11 is 0. The van der Waals surface area contributed by atoms with Crippen molar-refractivity contribution in [2.45, 2.75) is 150 Å². The van der Waals surface area contributed by atoms with Crippen LogP contribution in [0.1, 0.15) is 144 Å². The molecule has 9 unspecified atom stereocenters. The van der Waals surface area contributed by atoms with Gasteiger partial charge in [-0.25, -0.2) is 0 Å². The first-order chi connectivity index (χ1) is 22.0. The summed E-state index contributed by atoms with van der Waals surface area (Å²) in [5.74, 6) is 7.03. The number of carbonyl (C=O) groups is 1. The van der Waals surface area contributed by atoms with E-state index < -0.39 is 0 Å². The second-order valence-electron chi connectivity index (χ2n) is 17.1. The summed E-state index contributed by atoms with van der Waals surface area (Å²) in [5, 5.41) is 0.755. The monoisotopic (exact) mass is 676 g/mol. The van der Waals surface area contributed by atoms with Crippen LogP contribution in [0.15, 0.2) is 11.6 Å². The van der Waals surface area contributed by atoms with E-state index in [9.17, 15) is 4.79 Å². The Morgan fingerprint density at radius 1 is 0.891 bits per heavy atom. The van der Waals surface area contributed by atoms with Gasteiger partial charge in [-0.05, 0) is 143 Å². The maximum atomic E-state index is 13.1. The SMILES string of the molecule is CC(C)CCCC(C)C1CCC2C3CC=C4CC(SSCCCC(C)C(=O)N(CCCN)CCCCN)CCC4(C)C3CCC12C. The Morgan fingerprint density at radius 3 is 2.39 bits per heavy atom. The van der Waals surface area contributed by atoms with E-state index in [0.717, 1.165) is 91.7 Å². The molecule has 4 nitrogen and oxygen atoms in total. The van der Waals surface area contributed by atoms with Crippen molar-refractivity contribution in [3.63, 3.8) is 0 Å². The third-order valence-electron chi connectivity index (χ3n) is 13.6. The predicted molar refractivity (Wildman–Crippen MR) is 204 cm³/mol. The van der Waals surface area contributed by atoms with Crippen LogP contribution in [0.5, 0.6) is 0 Å². The molecule has 3 fully saturated rings. The molecule has 0 aliphatic heterocycles. The first-order valence-corrected chi connectivity index (χ1v) is 22.1. The highest BCUT2D eigenvalue weighted by Gasteiger charge is 2.59. The number of fused-ring (bicyclic) bond motifs is 5. The maximum absolute atomic E-state index is 13.1. The van der Waals surface area contributed by atoms with Crippen LogP contribution < -0.4 is 11.5 Å². The first-order valence-electron chi connectivity index (χ1n) is 19.7. The highest BCUT2D eigenvalue weighted by Crippen LogP contribution is 2.67. The molecule has 0 spiro atoms. The van der Waals surface area contributed by atoms with Crippen LogP contribution in [0.4, 0.5) is 0 Å². The molecular formula is C40H73N3OS2. The molecule has 4 aliphatic carbocycles. The van der Waals surface area contributed by atoms with Gasteiger partial charge < -0.3 is 16.4 Å². The van der Waals surface area contributed by atoms with E-state index in [1.165, 1.54) is 70.6 Å². The molecule has 0 aromatic rings. The fourth-order valence-corrected chi connectivity index (χ4v) is 13.6. The normalized spacial score (nSPS) is 33.6. The molecule has 266 valence electrons. The number of nitrogens with zero attached hydrogens (tertiary/aromatic N) is 1. The molecule has 0 aromatic heterocycles. The third kappa shape index (κ3) is 9.33. The molecule has 4 rings (SSSR count). The number of unbranched alkanes of at least 4 members (excludes halogenated alkanes) is 1. The molecular weight excluding hydrogens is 603 g/mol. The number of amides is 1. The topological polar surface area (TPSA) is 72.3 Å². The Kier molecular flexibility index (Phi) is 15.3. The zero-order valence-electron chi connectivity index (χ0n) is 30.9. The maximum Gasteiger partial charge on any atom is 0.225 e. The van der Waals surface area contributed by atoms with Gasteiger partial charge in [-0.1, -0.05) is 94.0 Å². The number of allylic oxidation sites excluding steroid dienone is 2. The van der Waals surface area contributed by atoms with Crippen LogP contribution in [0, 0.1) is 52.3 Å². The molecule has 4 N–H and O–H groups in total. The largest absolute Gasteiger partial charge is 0.342 e. The molecule has 3 saturated carbocycles. The van der Waals surface area contributed by atoms with Gasteiger partial charge in [0.25, 0.3) is 0 Å². The summed E-state index contributed by atoms with van der Waals surface area (Å²) < 4.78 is 0. The summed E-state index contributed by atoms with van der Waals surface area (Å²) in [6.45, 7) is 17.8. The van der Waals surface area contributed by atoms with Crippen LogP contribution in [0.25, 0.3) is 0 Å². The zero-order chi connectivity index (χ0) is 33.3. The average molecular weight is 676 g/mol. The summed E-state index contributed by atoms with van der Waals surface area (Å²) in [6, 6.07) is 0. The zero-order valence-corrected chi connectivity index (χ0v) is 32.5.